The maximum Gasteiger partial charge on any atom is 0.187 e. The van der Waals surface area contributed by atoms with Crippen LogP contribution in [0.15, 0.2) is 47.6 Å². The number of rotatable bonds is 7. The van der Waals surface area contributed by atoms with Gasteiger partial charge in [-0.2, -0.15) is 5.10 Å². The minimum atomic E-state index is 0.423. The summed E-state index contributed by atoms with van der Waals surface area (Å²) in [5, 5.41) is 7.65. The number of methoxy groups -OCH3 is 3. The maximum atomic E-state index is 5.37. The summed E-state index contributed by atoms with van der Waals surface area (Å²) in [4.78, 5) is 0. The summed E-state index contributed by atoms with van der Waals surface area (Å²) in [6.07, 6.45) is 1.59. The summed E-state index contributed by atoms with van der Waals surface area (Å²) in [6, 6.07) is 13.5. The molecular weight excluding hydrogens is 338 g/mol. The van der Waals surface area contributed by atoms with Crippen molar-refractivity contribution in [1.29, 1.82) is 0 Å². The number of hydrogen-bond donors (Lipinski definition) is 2. The van der Waals surface area contributed by atoms with E-state index >= 15 is 0 Å². The van der Waals surface area contributed by atoms with Crippen molar-refractivity contribution >= 4 is 23.5 Å². The second-order valence-corrected chi connectivity index (χ2v) is 5.39. The molecule has 0 saturated heterocycles. The van der Waals surface area contributed by atoms with Crippen LogP contribution in [0.4, 0.5) is 0 Å². The highest BCUT2D eigenvalue weighted by Gasteiger charge is 2.11. The average molecular weight is 359 g/mol. The molecule has 0 atom stereocenters. The third-order valence-corrected chi connectivity index (χ3v) is 3.64. The first-order chi connectivity index (χ1) is 12.2. The fourth-order valence-electron chi connectivity index (χ4n) is 2.13. The van der Waals surface area contributed by atoms with Gasteiger partial charge in [0.25, 0.3) is 0 Å². The number of ether oxygens (including phenoxy) is 3. The van der Waals surface area contributed by atoms with E-state index in [1.54, 1.807) is 39.7 Å². The Kier molecular flexibility index (Phi) is 7.03. The molecule has 2 rings (SSSR count). The van der Waals surface area contributed by atoms with E-state index < -0.39 is 0 Å². The van der Waals surface area contributed by atoms with Crippen LogP contribution in [0.5, 0.6) is 17.2 Å². The van der Waals surface area contributed by atoms with Gasteiger partial charge in [0, 0.05) is 18.7 Å². The second-order valence-electron chi connectivity index (χ2n) is 4.98. The van der Waals surface area contributed by atoms with Crippen LogP contribution in [0.2, 0.25) is 0 Å². The summed E-state index contributed by atoms with van der Waals surface area (Å²) >= 11 is 5.21. The van der Waals surface area contributed by atoms with E-state index in [-0.39, 0.29) is 0 Å². The Bertz CT molecular complexity index is 711. The van der Waals surface area contributed by atoms with Gasteiger partial charge >= 0.3 is 0 Å². The monoisotopic (exact) mass is 359 g/mol. The van der Waals surface area contributed by atoms with Crippen molar-refractivity contribution in [2.24, 2.45) is 5.10 Å². The smallest absolute Gasteiger partial charge is 0.187 e. The first-order valence-corrected chi connectivity index (χ1v) is 7.99. The molecule has 0 radical (unpaired) electrons. The number of hydrazone groups is 1. The van der Waals surface area contributed by atoms with E-state index in [1.165, 1.54) is 0 Å². The van der Waals surface area contributed by atoms with Crippen LogP contribution in [0.3, 0.4) is 0 Å². The average Bonchev–Trinajstić information content (AvgIpc) is 2.66. The molecule has 0 aliphatic rings. The zero-order valence-corrected chi connectivity index (χ0v) is 15.2. The molecular formula is C18H21N3O3S. The van der Waals surface area contributed by atoms with E-state index in [9.17, 15) is 0 Å². The highest BCUT2D eigenvalue weighted by molar-refractivity contribution is 7.80. The highest BCUT2D eigenvalue weighted by Crippen LogP contribution is 2.32. The zero-order valence-electron chi connectivity index (χ0n) is 14.4. The Morgan fingerprint density at radius 3 is 2.24 bits per heavy atom. The van der Waals surface area contributed by atoms with Crippen LogP contribution in [-0.4, -0.2) is 32.7 Å². The topological polar surface area (TPSA) is 64.1 Å². The number of nitrogens with zero attached hydrogens (tertiary/aromatic N) is 1. The minimum absolute atomic E-state index is 0.423. The highest BCUT2D eigenvalue weighted by atomic mass is 32.1. The Labute approximate surface area is 152 Å². The lowest BCUT2D eigenvalue weighted by Gasteiger charge is -2.12. The molecule has 0 saturated carbocycles. The first kappa shape index (κ1) is 18.5. The van der Waals surface area contributed by atoms with Gasteiger partial charge in [0.05, 0.1) is 33.1 Å². The third-order valence-electron chi connectivity index (χ3n) is 3.41. The van der Waals surface area contributed by atoms with Crippen molar-refractivity contribution in [3.63, 3.8) is 0 Å². The van der Waals surface area contributed by atoms with Gasteiger partial charge in [-0.3, -0.25) is 5.43 Å². The molecule has 2 aromatic carbocycles. The second kappa shape index (κ2) is 9.48. The van der Waals surface area contributed by atoms with Crippen molar-refractivity contribution in [1.82, 2.24) is 10.7 Å². The molecule has 0 aliphatic carbocycles. The van der Waals surface area contributed by atoms with E-state index in [2.05, 4.69) is 15.8 Å². The van der Waals surface area contributed by atoms with Crippen LogP contribution >= 0.6 is 12.2 Å². The molecule has 0 unspecified atom stereocenters. The largest absolute Gasteiger partial charge is 0.496 e. The van der Waals surface area contributed by atoms with Crippen LogP contribution in [0.1, 0.15) is 11.1 Å². The molecule has 2 aromatic rings. The molecule has 6 nitrogen and oxygen atoms in total. The molecule has 0 aliphatic heterocycles. The van der Waals surface area contributed by atoms with Crippen molar-refractivity contribution in [2.45, 2.75) is 6.54 Å². The molecule has 0 amide bonds. The van der Waals surface area contributed by atoms with Gasteiger partial charge in [-0.1, -0.05) is 30.3 Å². The van der Waals surface area contributed by atoms with E-state index in [1.807, 2.05) is 30.3 Å². The van der Waals surface area contributed by atoms with Gasteiger partial charge in [0.1, 0.15) is 17.2 Å². The summed E-state index contributed by atoms with van der Waals surface area (Å²) in [7, 11) is 4.73. The Morgan fingerprint density at radius 2 is 1.68 bits per heavy atom. The van der Waals surface area contributed by atoms with Crippen LogP contribution < -0.4 is 25.0 Å². The third kappa shape index (κ3) is 5.36. The molecule has 0 aromatic heterocycles. The lowest BCUT2D eigenvalue weighted by atomic mass is 10.2. The van der Waals surface area contributed by atoms with Gasteiger partial charge in [-0.15, -0.1) is 0 Å². The SMILES string of the molecule is COc1cc(OC)c(/C=N/NC(=S)NCc2ccccc2)c(OC)c1. The summed E-state index contributed by atoms with van der Waals surface area (Å²) in [5.74, 6) is 1.81. The number of benzene rings is 2. The molecule has 132 valence electrons. The van der Waals surface area contributed by atoms with Gasteiger partial charge in [0.15, 0.2) is 5.11 Å². The molecule has 0 heterocycles. The van der Waals surface area contributed by atoms with E-state index in [0.717, 1.165) is 5.56 Å². The van der Waals surface area contributed by atoms with Crippen LogP contribution in [0.25, 0.3) is 0 Å². The lowest BCUT2D eigenvalue weighted by molar-refractivity contribution is 0.374. The molecule has 2 N–H and O–H groups in total. The summed E-state index contributed by atoms with van der Waals surface area (Å²) in [6.45, 7) is 0.622. The fourth-order valence-corrected chi connectivity index (χ4v) is 2.26. The molecule has 7 heteroatoms. The Balaban J connectivity index is 2.00. The first-order valence-electron chi connectivity index (χ1n) is 7.58. The zero-order chi connectivity index (χ0) is 18.1. The lowest BCUT2D eigenvalue weighted by Crippen LogP contribution is -2.31. The predicted octanol–water partition coefficient (Wildman–Crippen LogP) is 2.71. The van der Waals surface area contributed by atoms with Crippen LogP contribution in [0, 0.1) is 0 Å². The van der Waals surface area contributed by atoms with Crippen LogP contribution in [-0.2, 0) is 6.54 Å². The fraction of sp³-hybridized carbons (Fsp3) is 0.222. The molecule has 0 fully saturated rings. The van der Waals surface area contributed by atoms with E-state index in [0.29, 0.717) is 34.5 Å². The predicted molar refractivity (Wildman–Crippen MR) is 103 cm³/mol. The van der Waals surface area contributed by atoms with Gasteiger partial charge in [0.2, 0.25) is 0 Å². The standard InChI is InChI=1S/C18H21N3O3S/c1-22-14-9-16(23-2)15(17(10-14)24-3)12-20-21-18(25)19-11-13-7-5-4-6-8-13/h4-10,12H,11H2,1-3H3,(H2,19,21,25)/b20-12+. The Morgan fingerprint density at radius 1 is 1.04 bits per heavy atom. The Hall–Kier alpha value is -2.80. The van der Waals surface area contributed by atoms with Gasteiger partial charge in [-0.05, 0) is 17.8 Å². The molecule has 0 bridgehead atoms. The van der Waals surface area contributed by atoms with Crippen molar-refractivity contribution < 1.29 is 14.2 Å². The van der Waals surface area contributed by atoms with Crippen molar-refractivity contribution in [3.05, 3.63) is 53.6 Å². The van der Waals surface area contributed by atoms with Crippen molar-refractivity contribution in [2.75, 3.05) is 21.3 Å². The van der Waals surface area contributed by atoms with E-state index in [4.69, 9.17) is 26.4 Å². The summed E-state index contributed by atoms with van der Waals surface area (Å²) in [5.41, 5.74) is 4.60. The molecule has 25 heavy (non-hydrogen) atoms. The summed E-state index contributed by atoms with van der Waals surface area (Å²) < 4.78 is 16.0. The number of thiocarbonyl (C=S) groups is 1. The number of hydrogen-bond acceptors (Lipinski definition) is 5. The van der Waals surface area contributed by atoms with Crippen molar-refractivity contribution in [3.8, 4) is 17.2 Å². The van der Waals surface area contributed by atoms with Gasteiger partial charge in [-0.25, -0.2) is 0 Å². The maximum absolute atomic E-state index is 5.37. The number of nitrogens with one attached hydrogen (secondary N) is 2. The normalized spacial score (nSPS) is 10.4. The quantitative estimate of drug-likeness (QED) is 0.450. The minimum Gasteiger partial charge on any atom is -0.496 e. The molecule has 0 spiro atoms. The van der Waals surface area contributed by atoms with Gasteiger partial charge < -0.3 is 19.5 Å².